The lowest BCUT2D eigenvalue weighted by Gasteiger charge is -2.62. The van der Waals surface area contributed by atoms with E-state index in [1.165, 1.54) is 70.6 Å². The molecular formula is C24H40O3. The second kappa shape index (κ2) is 6.99. The summed E-state index contributed by atoms with van der Waals surface area (Å²) in [6, 6.07) is 0. The molecule has 5 aliphatic rings. The van der Waals surface area contributed by atoms with Crippen molar-refractivity contribution in [3.05, 3.63) is 0 Å². The highest BCUT2D eigenvalue weighted by molar-refractivity contribution is 5.12. The zero-order valence-electron chi connectivity index (χ0n) is 17.5. The summed E-state index contributed by atoms with van der Waals surface area (Å²) >= 11 is 0. The van der Waals surface area contributed by atoms with Crippen molar-refractivity contribution < 1.29 is 14.6 Å². The molecule has 5 saturated carbocycles. The van der Waals surface area contributed by atoms with Crippen molar-refractivity contribution in [2.24, 2.45) is 40.4 Å². The molecule has 27 heavy (non-hydrogen) atoms. The van der Waals surface area contributed by atoms with Crippen LogP contribution in [0.2, 0.25) is 0 Å². The average molecular weight is 377 g/mol. The van der Waals surface area contributed by atoms with E-state index >= 15 is 0 Å². The smallest absolute Gasteiger partial charge is 0.146 e. The lowest BCUT2D eigenvalue weighted by Crippen LogP contribution is -2.56. The van der Waals surface area contributed by atoms with Crippen LogP contribution in [0.5, 0.6) is 0 Å². The number of fused-ring (bicyclic) bond motifs is 4. The third kappa shape index (κ3) is 2.78. The Morgan fingerprint density at radius 3 is 2.59 bits per heavy atom. The molecule has 3 heteroatoms. The van der Waals surface area contributed by atoms with Crippen molar-refractivity contribution in [3.8, 4) is 0 Å². The molecule has 154 valence electrons. The van der Waals surface area contributed by atoms with Crippen LogP contribution in [0.15, 0.2) is 0 Å². The molecule has 0 bridgehead atoms. The van der Waals surface area contributed by atoms with Crippen molar-refractivity contribution in [1.29, 1.82) is 0 Å². The number of ether oxygens (including phenoxy) is 2. The van der Waals surface area contributed by atoms with Gasteiger partial charge in [0.15, 0.2) is 0 Å². The van der Waals surface area contributed by atoms with Gasteiger partial charge in [-0.3, -0.25) is 0 Å². The first-order valence-electron chi connectivity index (χ1n) is 11.9. The van der Waals surface area contributed by atoms with Crippen LogP contribution in [0.3, 0.4) is 0 Å². The Bertz CT molecular complexity index is 550. The number of aliphatic hydroxyl groups excluding tert-OH is 1. The maximum absolute atomic E-state index is 10.7. The van der Waals surface area contributed by atoms with Gasteiger partial charge in [-0.1, -0.05) is 13.3 Å². The monoisotopic (exact) mass is 376 g/mol. The predicted octanol–water partition coefficient (Wildman–Crippen LogP) is 5.16. The van der Waals surface area contributed by atoms with Gasteiger partial charge >= 0.3 is 0 Å². The molecule has 0 saturated heterocycles. The summed E-state index contributed by atoms with van der Waals surface area (Å²) in [7, 11) is 1.73. The van der Waals surface area contributed by atoms with Gasteiger partial charge in [-0.2, -0.15) is 0 Å². The molecule has 0 amide bonds. The van der Waals surface area contributed by atoms with Crippen LogP contribution in [0.25, 0.3) is 0 Å². The Labute approximate surface area is 165 Å². The summed E-state index contributed by atoms with van der Waals surface area (Å²) < 4.78 is 11.1. The normalized spacial score (nSPS) is 54.6. The van der Waals surface area contributed by atoms with E-state index < -0.39 is 0 Å². The summed E-state index contributed by atoms with van der Waals surface area (Å²) in [4.78, 5) is 0. The molecule has 0 aliphatic heterocycles. The molecule has 0 heterocycles. The van der Waals surface area contributed by atoms with Gasteiger partial charge in [0.1, 0.15) is 6.79 Å². The van der Waals surface area contributed by atoms with Crippen molar-refractivity contribution in [2.75, 3.05) is 13.9 Å². The Morgan fingerprint density at radius 2 is 1.74 bits per heavy atom. The van der Waals surface area contributed by atoms with Crippen LogP contribution >= 0.6 is 0 Å². The number of hydrogen-bond acceptors (Lipinski definition) is 3. The molecule has 5 aliphatic carbocycles. The van der Waals surface area contributed by atoms with Gasteiger partial charge < -0.3 is 14.6 Å². The third-order valence-electron chi connectivity index (χ3n) is 10.4. The first-order chi connectivity index (χ1) is 13.1. The van der Waals surface area contributed by atoms with Gasteiger partial charge in [0.2, 0.25) is 0 Å². The minimum Gasteiger partial charge on any atom is -0.393 e. The molecule has 0 aromatic heterocycles. The first-order valence-corrected chi connectivity index (χ1v) is 11.9. The maximum atomic E-state index is 10.7. The SMILES string of the molecule is COCO[C@@H]1CC[C@@]2(C)[C@@H](CC[C@@H]3[C@@H]2CC[C@@]24CCC[C@@H](O)[C@H]2CC[C@@H]34)C1. The summed E-state index contributed by atoms with van der Waals surface area (Å²) in [6.45, 7) is 3.09. The van der Waals surface area contributed by atoms with Gasteiger partial charge in [0.05, 0.1) is 12.2 Å². The Hall–Kier alpha value is -0.120. The minimum atomic E-state index is 0.000554. The fraction of sp³-hybridized carbons (Fsp3) is 1.00. The highest BCUT2D eigenvalue weighted by Crippen LogP contribution is 2.70. The van der Waals surface area contributed by atoms with E-state index in [4.69, 9.17) is 9.47 Å². The topological polar surface area (TPSA) is 38.7 Å². The molecule has 5 rings (SSSR count). The van der Waals surface area contributed by atoms with E-state index in [-0.39, 0.29) is 6.10 Å². The molecule has 9 atom stereocenters. The van der Waals surface area contributed by atoms with Crippen LogP contribution in [-0.2, 0) is 9.47 Å². The van der Waals surface area contributed by atoms with Crippen molar-refractivity contribution in [2.45, 2.75) is 96.2 Å². The maximum Gasteiger partial charge on any atom is 0.146 e. The Morgan fingerprint density at radius 1 is 0.889 bits per heavy atom. The molecule has 0 aromatic rings. The van der Waals surface area contributed by atoms with E-state index in [1.54, 1.807) is 7.11 Å². The van der Waals surface area contributed by atoms with Crippen molar-refractivity contribution in [1.82, 2.24) is 0 Å². The highest BCUT2D eigenvalue weighted by Gasteiger charge is 2.63. The summed E-state index contributed by atoms with van der Waals surface area (Å²) in [6.07, 6.45) is 16.4. The molecule has 0 unspecified atom stereocenters. The van der Waals surface area contributed by atoms with Crippen LogP contribution in [0.4, 0.5) is 0 Å². The summed E-state index contributed by atoms with van der Waals surface area (Å²) in [5.74, 6) is 4.25. The molecule has 0 radical (unpaired) electrons. The predicted molar refractivity (Wildman–Crippen MR) is 106 cm³/mol. The zero-order chi connectivity index (χ0) is 18.6. The van der Waals surface area contributed by atoms with Crippen LogP contribution in [0.1, 0.15) is 84.0 Å². The molecule has 0 aromatic carbocycles. The van der Waals surface area contributed by atoms with E-state index in [1.807, 2.05) is 0 Å². The van der Waals surface area contributed by atoms with Gasteiger partial charge in [0.25, 0.3) is 0 Å². The van der Waals surface area contributed by atoms with E-state index in [0.29, 0.717) is 29.6 Å². The average Bonchev–Trinajstić information content (AvgIpc) is 3.07. The number of methoxy groups -OCH3 is 1. The fourth-order valence-corrected chi connectivity index (χ4v) is 9.30. The van der Waals surface area contributed by atoms with Gasteiger partial charge in [-0.25, -0.2) is 0 Å². The summed E-state index contributed by atoms with van der Waals surface area (Å²) in [5.41, 5.74) is 1.05. The van der Waals surface area contributed by atoms with Crippen molar-refractivity contribution >= 4 is 0 Å². The van der Waals surface area contributed by atoms with Crippen LogP contribution < -0.4 is 0 Å². The first kappa shape index (κ1) is 18.9. The zero-order valence-corrected chi connectivity index (χ0v) is 17.5. The molecule has 1 spiro atoms. The second-order valence-corrected chi connectivity index (χ2v) is 11.0. The van der Waals surface area contributed by atoms with Gasteiger partial charge in [-0.15, -0.1) is 0 Å². The Balaban J connectivity index is 1.35. The highest BCUT2D eigenvalue weighted by atomic mass is 16.7. The van der Waals surface area contributed by atoms with E-state index in [9.17, 15) is 5.11 Å². The van der Waals surface area contributed by atoms with E-state index in [2.05, 4.69) is 6.92 Å². The molecule has 5 fully saturated rings. The van der Waals surface area contributed by atoms with Gasteiger partial charge in [0, 0.05) is 7.11 Å². The number of rotatable bonds is 3. The van der Waals surface area contributed by atoms with Crippen molar-refractivity contribution in [3.63, 3.8) is 0 Å². The minimum absolute atomic E-state index is 0.000554. The number of aliphatic hydroxyl groups is 1. The molecular weight excluding hydrogens is 336 g/mol. The quantitative estimate of drug-likeness (QED) is 0.692. The Kier molecular flexibility index (Phi) is 4.89. The van der Waals surface area contributed by atoms with Crippen LogP contribution in [-0.4, -0.2) is 31.2 Å². The lowest BCUT2D eigenvalue weighted by atomic mass is 9.43. The largest absolute Gasteiger partial charge is 0.393 e. The fourth-order valence-electron chi connectivity index (χ4n) is 9.30. The third-order valence-corrected chi connectivity index (χ3v) is 10.4. The van der Waals surface area contributed by atoms with Gasteiger partial charge in [-0.05, 0) is 111 Å². The molecule has 3 nitrogen and oxygen atoms in total. The standard InChI is InChI=1S/C24H40O3/c1-23-12-9-17(27-15-26-2)14-16(23)5-6-18-19(23)10-13-24-11-3-4-22(25)21(24)8-7-20(18)24/h16-22,25H,3-15H2,1-2H3/t16-,17+,18+,19-,20-,21+,22+,23-,24+/m0/s1. The van der Waals surface area contributed by atoms with E-state index in [0.717, 1.165) is 30.1 Å². The number of hydrogen-bond donors (Lipinski definition) is 1. The summed E-state index contributed by atoms with van der Waals surface area (Å²) in [5, 5.41) is 10.7. The second-order valence-electron chi connectivity index (χ2n) is 11.0. The molecule has 1 N–H and O–H groups in total. The lowest BCUT2D eigenvalue weighted by molar-refractivity contribution is -0.163. The van der Waals surface area contributed by atoms with Crippen LogP contribution in [0, 0.1) is 40.4 Å².